The van der Waals surface area contributed by atoms with Gasteiger partial charge in [0.05, 0.1) is 36.9 Å². The van der Waals surface area contributed by atoms with Crippen LogP contribution in [0.5, 0.6) is 0 Å². The lowest BCUT2D eigenvalue weighted by molar-refractivity contribution is -0.293. The van der Waals surface area contributed by atoms with Gasteiger partial charge in [0, 0.05) is 28.7 Å². The summed E-state index contributed by atoms with van der Waals surface area (Å²) >= 11 is 0. The number of aliphatic hydroxyl groups excluding tert-OH is 5. The maximum absolute atomic E-state index is 13.1. The molecule has 5 aliphatic rings. The zero-order chi connectivity index (χ0) is 34.4. The number of rotatable bonds is 5. The van der Waals surface area contributed by atoms with Gasteiger partial charge in [-0.1, -0.05) is 59.3 Å². The Kier molecular flexibility index (Phi) is 8.80. The highest BCUT2D eigenvalue weighted by Crippen LogP contribution is 2.76. The summed E-state index contributed by atoms with van der Waals surface area (Å²) in [5, 5.41) is 57.8. The molecule has 5 aliphatic carbocycles. The maximum atomic E-state index is 13.1. The van der Waals surface area contributed by atoms with Crippen molar-refractivity contribution in [1.29, 1.82) is 0 Å². The van der Waals surface area contributed by atoms with Crippen molar-refractivity contribution >= 4 is 11.9 Å². The summed E-state index contributed by atoms with van der Waals surface area (Å²) in [4.78, 5) is 25.8. The minimum Gasteiger partial charge on any atom is -0.458 e. The van der Waals surface area contributed by atoms with E-state index >= 15 is 0 Å². The Morgan fingerprint density at radius 2 is 1.54 bits per heavy atom. The van der Waals surface area contributed by atoms with Crippen molar-refractivity contribution in [3.05, 3.63) is 23.3 Å². The number of hydrogen-bond acceptors (Lipinski definition) is 9. The second-order valence-corrected chi connectivity index (χ2v) is 17.1. The first-order valence-electron chi connectivity index (χ1n) is 17.3. The largest absolute Gasteiger partial charge is 0.458 e. The van der Waals surface area contributed by atoms with Gasteiger partial charge in [0.15, 0.2) is 6.10 Å². The number of fused-ring (bicyclic) bond motifs is 7. The van der Waals surface area contributed by atoms with Crippen LogP contribution in [0.3, 0.4) is 0 Å². The van der Waals surface area contributed by atoms with Crippen LogP contribution in [0, 0.1) is 50.2 Å². The second-order valence-electron chi connectivity index (χ2n) is 17.1. The molecule has 46 heavy (non-hydrogen) atoms. The number of carbonyl (C=O) groups excluding carboxylic acids is 2. The molecule has 3 unspecified atom stereocenters. The van der Waals surface area contributed by atoms with Gasteiger partial charge < -0.3 is 35.0 Å². The number of carbonyl (C=O) groups is 2. The first-order valence-corrected chi connectivity index (χ1v) is 17.3. The molecule has 5 N–H and O–H groups in total. The fourth-order valence-electron chi connectivity index (χ4n) is 11.8. The molecule has 9 nitrogen and oxygen atoms in total. The smallest absolute Gasteiger partial charge is 0.333 e. The van der Waals surface area contributed by atoms with E-state index in [1.54, 1.807) is 19.9 Å². The van der Waals surface area contributed by atoms with Crippen LogP contribution >= 0.6 is 0 Å². The van der Waals surface area contributed by atoms with E-state index in [4.69, 9.17) is 9.47 Å². The van der Waals surface area contributed by atoms with Gasteiger partial charge in [-0.3, -0.25) is 4.79 Å². The van der Waals surface area contributed by atoms with Crippen LogP contribution in [0.2, 0.25) is 0 Å². The summed E-state index contributed by atoms with van der Waals surface area (Å²) in [7, 11) is 0. The van der Waals surface area contributed by atoms with E-state index in [1.807, 2.05) is 20.8 Å². The Labute approximate surface area is 274 Å². The van der Waals surface area contributed by atoms with Crippen molar-refractivity contribution in [2.24, 2.45) is 50.2 Å². The van der Waals surface area contributed by atoms with Gasteiger partial charge in [-0.2, -0.15) is 0 Å². The number of ether oxygens (including phenoxy) is 2. The van der Waals surface area contributed by atoms with Crippen molar-refractivity contribution in [3.63, 3.8) is 0 Å². The normalized spacial score (nSPS) is 49.8. The average molecular weight is 647 g/mol. The van der Waals surface area contributed by atoms with E-state index in [2.05, 4.69) is 26.8 Å². The Morgan fingerprint density at radius 1 is 0.891 bits per heavy atom. The molecule has 0 radical (unpaired) electrons. The Morgan fingerprint density at radius 3 is 2.11 bits per heavy atom. The quantitative estimate of drug-likeness (QED) is 0.169. The van der Waals surface area contributed by atoms with Crippen molar-refractivity contribution in [2.75, 3.05) is 13.2 Å². The first-order chi connectivity index (χ1) is 21.3. The second kappa shape index (κ2) is 11.4. The molecule has 4 saturated carbocycles. The van der Waals surface area contributed by atoms with Gasteiger partial charge in [0.2, 0.25) is 0 Å². The van der Waals surface area contributed by atoms with Gasteiger partial charge in [-0.15, -0.1) is 0 Å². The lowest BCUT2D eigenvalue weighted by Crippen LogP contribution is -2.76. The molecule has 0 aromatic rings. The molecule has 0 bridgehead atoms. The lowest BCUT2D eigenvalue weighted by Gasteiger charge is -2.73. The summed E-state index contributed by atoms with van der Waals surface area (Å²) in [6.45, 7) is 16.5. The van der Waals surface area contributed by atoms with Gasteiger partial charge in [0.1, 0.15) is 6.10 Å². The summed E-state index contributed by atoms with van der Waals surface area (Å²) in [5.74, 6) is -1.48. The van der Waals surface area contributed by atoms with E-state index in [0.717, 1.165) is 24.8 Å². The fourth-order valence-corrected chi connectivity index (χ4v) is 11.8. The van der Waals surface area contributed by atoms with Crippen LogP contribution in [0.1, 0.15) is 101 Å². The maximum Gasteiger partial charge on any atom is 0.333 e. The molecule has 260 valence electrons. The highest BCUT2D eigenvalue weighted by atomic mass is 16.6. The summed E-state index contributed by atoms with van der Waals surface area (Å²) in [6, 6.07) is 0. The van der Waals surface area contributed by atoms with Crippen LogP contribution in [0.25, 0.3) is 0 Å². The zero-order valence-electron chi connectivity index (χ0n) is 29.3. The first kappa shape index (κ1) is 35.5. The van der Waals surface area contributed by atoms with Crippen molar-refractivity contribution < 1.29 is 44.6 Å². The Hall–Kier alpha value is -1.78. The van der Waals surface area contributed by atoms with Crippen molar-refractivity contribution in [2.45, 2.75) is 131 Å². The van der Waals surface area contributed by atoms with Crippen molar-refractivity contribution in [1.82, 2.24) is 0 Å². The minimum atomic E-state index is -1.52. The highest BCUT2D eigenvalue weighted by Gasteiger charge is 2.76. The minimum absolute atomic E-state index is 0.0885. The number of hydrogen-bond donors (Lipinski definition) is 5. The van der Waals surface area contributed by atoms with Gasteiger partial charge in [-0.25, -0.2) is 4.79 Å². The molecule has 0 saturated heterocycles. The molecule has 9 heteroatoms. The molecule has 4 fully saturated rings. The zero-order valence-corrected chi connectivity index (χ0v) is 29.3. The average Bonchev–Trinajstić information content (AvgIpc) is 2.99. The standard InChI is InChI=1S/C37H58O9/c1-10-20(2)31(44)46-29-30(45-21(3)40)37(19-39)23(17-32(29,4)5)22-11-12-25-33(6)15-14-26(41)34(7,18-38)24(33)13-16-35(25,8)36(22,9)27(42)28(37)43/h10-11,23-30,38-39,41-43H,12-19H2,1-9H3/b20-10-/t23?,24?,25?,26-,27-,28+,29-,30-,33-,34+,35+,36-,37-/m0/s1. The van der Waals surface area contributed by atoms with Gasteiger partial charge in [0.25, 0.3) is 0 Å². The molecule has 5 rings (SSSR count). The number of aliphatic hydroxyl groups is 5. The molecule has 0 aliphatic heterocycles. The van der Waals surface area contributed by atoms with E-state index < -0.39 is 82.1 Å². The van der Waals surface area contributed by atoms with Crippen LogP contribution < -0.4 is 0 Å². The molecule has 0 heterocycles. The molecule has 0 spiro atoms. The molecule has 13 atom stereocenters. The lowest BCUT2D eigenvalue weighted by atomic mass is 9.32. The predicted molar refractivity (Wildman–Crippen MR) is 172 cm³/mol. The summed E-state index contributed by atoms with van der Waals surface area (Å²) in [6.07, 6.45) is 2.30. The molecule has 0 aromatic carbocycles. The molecule has 0 aromatic heterocycles. The third kappa shape index (κ3) is 4.43. The van der Waals surface area contributed by atoms with Crippen LogP contribution in [-0.4, -0.2) is 81.2 Å². The van der Waals surface area contributed by atoms with Gasteiger partial charge >= 0.3 is 11.9 Å². The third-order valence-electron chi connectivity index (χ3n) is 14.9. The van der Waals surface area contributed by atoms with E-state index in [9.17, 15) is 35.1 Å². The number of esters is 2. The van der Waals surface area contributed by atoms with Crippen LogP contribution in [-0.2, 0) is 19.1 Å². The molecule has 0 amide bonds. The Bertz CT molecular complexity index is 1310. The predicted octanol–water partition coefficient (Wildman–Crippen LogP) is 4.08. The molecular weight excluding hydrogens is 588 g/mol. The van der Waals surface area contributed by atoms with Crippen LogP contribution in [0.4, 0.5) is 0 Å². The van der Waals surface area contributed by atoms with Crippen molar-refractivity contribution in [3.8, 4) is 0 Å². The summed E-state index contributed by atoms with van der Waals surface area (Å²) in [5.41, 5.74) is -3.09. The van der Waals surface area contributed by atoms with Gasteiger partial charge in [-0.05, 0) is 81.0 Å². The third-order valence-corrected chi connectivity index (χ3v) is 14.9. The van der Waals surface area contributed by atoms with E-state index in [1.165, 1.54) is 6.92 Å². The van der Waals surface area contributed by atoms with Crippen LogP contribution in [0.15, 0.2) is 23.3 Å². The monoisotopic (exact) mass is 646 g/mol. The summed E-state index contributed by atoms with van der Waals surface area (Å²) < 4.78 is 12.0. The SMILES string of the molecule is C/C=C(/C)C(=O)O[C@H]1[C@H](OC(C)=O)[C@@]2(CO)C(CC1(C)C)C1=CCC3[C@@]4(C)CC[C@H](O)[C@](C)(CO)C4CC[C@@]3(C)[C@]1(C)[C@@H](O)[C@H]2O. The molecular formula is C37H58O9. The fraction of sp³-hybridized carbons (Fsp3) is 0.838. The number of allylic oxidation sites excluding steroid dienone is 2. The van der Waals surface area contributed by atoms with E-state index in [0.29, 0.717) is 24.8 Å². The Balaban J connectivity index is 1.67. The van der Waals surface area contributed by atoms with E-state index in [-0.39, 0.29) is 23.9 Å². The highest BCUT2D eigenvalue weighted by molar-refractivity contribution is 5.87. The topological polar surface area (TPSA) is 154 Å².